The van der Waals surface area contributed by atoms with Gasteiger partial charge in [0.05, 0.1) is 11.5 Å². The van der Waals surface area contributed by atoms with E-state index in [2.05, 4.69) is 0 Å². The lowest BCUT2D eigenvalue weighted by Gasteiger charge is -2.52. The second kappa shape index (κ2) is 4.77. The summed E-state index contributed by atoms with van der Waals surface area (Å²) in [5.74, 6) is -1.95. The van der Waals surface area contributed by atoms with Gasteiger partial charge >= 0.3 is 12.1 Å². The number of hydrogen-bond donors (Lipinski definition) is 0. The van der Waals surface area contributed by atoms with Crippen LogP contribution >= 0.6 is 0 Å². The van der Waals surface area contributed by atoms with Crippen molar-refractivity contribution in [1.82, 2.24) is 4.90 Å². The Morgan fingerprint density at radius 1 is 1.53 bits per heavy atom. The third kappa shape index (κ3) is 2.35. The number of likely N-dealkylation sites (tertiary alicyclic amines) is 1. The van der Waals surface area contributed by atoms with Gasteiger partial charge in [0.15, 0.2) is 0 Å². The number of hydrogen-bond acceptors (Lipinski definition) is 3. The van der Waals surface area contributed by atoms with E-state index in [-0.39, 0.29) is 31.4 Å². The van der Waals surface area contributed by atoms with Crippen molar-refractivity contribution in [3.05, 3.63) is 0 Å². The number of alkyl halides is 3. The molecule has 0 bridgehead atoms. The second-order valence-corrected chi connectivity index (χ2v) is 5.06. The zero-order chi connectivity index (χ0) is 14.3. The van der Waals surface area contributed by atoms with E-state index >= 15 is 0 Å². The molecule has 2 fully saturated rings. The van der Waals surface area contributed by atoms with Gasteiger partial charge in [-0.2, -0.15) is 13.2 Å². The molecule has 4 nitrogen and oxygen atoms in total. The first-order valence-corrected chi connectivity index (χ1v) is 6.32. The molecule has 1 aliphatic carbocycles. The van der Waals surface area contributed by atoms with Gasteiger partial charge in [-0.1, -0.05) is 0 Å². The van der Waals surface area contributed by atoms with Crippen molar-refractivity contribution < 1.29 is 27.5 Å². The van der Waals surface area contributed by atoms with Gasteiger partial charge in [-0.15, -0.1) is 0 Å². The van der Waals surface area contributed by atoms with E-state index in [1.54, 1.807) is 6.92 Å². The summed E-state index contributed by atoms with van der Waals surface area (Å²) in [7, 11) is 0. The average Bonchev–Trinajstić information content (AvgIpc) is 2.37. The molecular formula is C12H16F3NO3. The van der Waals surface area contributed by atoms with E-state index in [4.69, 9.17) is 4.74 Å². The van der Waals surface area contributed by atoms with E-state index < -0.39 is 17.5 Å². The molecule has 2 aliphatic rings. The third-order valence-electron chi connectivity index (χ3n) is 3.96. The first-order chi connectivity index (χ1) is 8.81. The molecule has 0 radical (unpaired) electrons. The molecule has 1 heterocycles. The van der Waals surface area contributed by atoms with Crippen molar-refractivity contribution in [2.24, 2.45) is 5.41 Å². The van der Waals surface area contributed by atoms with Crippen molar-refractivity contribution >= 4 is 11.7 Å². The molecule has 0 aromatic heterocycles. The van der Waals surface area contributed by atoms with Gasteiger partial charge in [-0.25, -0.2) is 0 Å². The first-order valence-electron chi connectivity index (χ1n) is 6.32. The van der Waals surface area contributed by atoms with Crippen LogP contribution < -0.4 is 0 Å². The lowest BCUT2D eigenvalue weighted by molar-refractivity contribution is -0.196. The fraction of sp³-hybridized carbons (Fsp3) is 0.833. The van der Waals surface area contributed by atoms with Crippen LogP contribution in [0.25, 0.3) is 0 Å². The number of nitrogens with zero attached hydrogens (tertiary/aromatic N) is 1. The van der Waals surface area contributed by atoms with E-state index in [9.17, 15) is 22.8 Å². The highest BCUT2D eigenvalue weighted by atomic mass is 19.4. The van der Waals surface area contributed by atoms with Crippen LogP contribution in [0.2, 0.25) is 0 Å². The molecule has 1 aliphatic heterocycles. The van der Waals surface area contributed by atoms with Crippen molar-refractivity contribution in [1.29, 1.82) is 0 Å². The van der Waals surface area contributed by atoms with Crippen LogP contribution in [0.4, 0.5) is 13.2 Å². The Bertz CT molecular complexity index is 396. The Labute approximate surface area is 108 Å². The van der Waals surface area contributed by atoms with E-state index in [0.717, 1.165) is 4.90 Å². The van der Waals surface area contributed by atoms with Crippen LogP contribution in [0.1, 0.15) is 26.2 Å². The molecule has 0 N–H and O–H groups in total. The molecule has 0 aromatic carbocycles. The van der Waals surface area contributed by atoms with Gasteiger partial charge in [0, 0.05) is 26.1 Å². The number of halogens is 3. The zero-order valence-corrected chi connectivity index (χ0v) is 10.6. The van der Waals surface area contributed by atoms with Gasteiger partial charge in [0.2, 0.25) is 0 Å². The highest BCUT2D eigenvalue weighted by Crippen LogP contribution is 2.47. The van der Waals surface area contributed by atoms with Crippen LogP contribution in [-0.2, 0) is 14.3 Å². The Hall–Kier alpha value is -1.11. The van der Waals surface area contributed by atoms with Crippen LogP contribution in [0.5, 0.6) is 0 Å². The zero-order valence-electron chi connectivity index (χ0n) is 10.6. The molecule has 1 amide bonds. The van der Waals surface area contributed by atoms with Crippen LogP contribution in [0.15, 0.2) is 0 Å². The van der Waals surface area contributed by atoms with Crippen molar-refractivity contribution in [2.45, 2.75) is 38.5 Å². The van der Waals surface area contributed by atoms with Gasteiger partial charge in [-0.05, 0) is 19.8 Å². The van der Waals surface area contributed by atoms with Gasteiger partial charge in [0.25, 0.3) is 0 Å². The Kier molecular flexibility index (Phi) is 3.59. The number of ketones is 1. The molecule has 2 rings (SSSR count). The lowest BCUT2D eigenvalue weighted by atomic mass is 9.60. The highest BCUT2D eigenvalue weighted by Gasteiger charge is 2.59. The summed E-state index contributed by atoms with van der Waals surface area (Å²) in [5, 5.41) is 0. The molecule has 1 saturated carbocycles. The van der Waals surface area contributed by atoms with Crippen molar-refractivity contribution in [3.8, 4) is 0 Å². The SMILES string of the molecule is CCO[C@@H]1CC(=O)[C@]12CCCN(C(=O)C(F)(F)F)C2. The van der Waals surface area contributed by atoms with Gasteiger partial charge < -0.3 is 9.64 Å². The standard InChI is InChI=1S/C12H16F3NO3/c1-2-19-9-6-8(17)11(9)4-3-5-16(7-11)10(18)12(13,14)15/h9H,2-7H2,1H3/t9-,11-/m1/s1. The molecule has 1 spiro atoms. The van der Waals surface area contributed by atoms with Crippen molar-refractivity contribution in [2.75, 3.05) is 19.7 Å². The van der Waals surface area contributed by atoms with Crippen LogP contribution in [-0.4, -0.2) is 48.6 Å². The minimum atomic E-state index is -4.88. The molecular weight excluding hydrogens is 263 g/mol. The number of amides is 1. The predicted octanol–water partition coefficient (Wildman–Crippen LogP) is 1.54. The summed E-state index contributed by atoms with van der Waals surface area (Å²) in [6.07, 6.45) is -4.10. The summed E-state index contributed by atoms with van der Waals surface area (Å²) < 4.78 is 42.7. The minimum absolute atomic E-state index is 0.0478. The lowest BCUT2D eigenvalue weighted by Crippen LogP contribution is -2.64. The molecule has 2 atom stereocenters. The number of carbonyl (C=O) groups excluding carboxylic acids is 2. The maximum atomic E-state index is 12.4. The summed E-state index contributed by atoms with van der Waals surface area (Å²) in [6, 6.07) is 0. The maximum Gasteiger partial charge on any atom is 0.471 e. The second-order valence-electron chi connectivity index (χ2n) is 5.06. The quantitative estimate of drug-likeness (QED) is 0.770. The Morgan fingerprint density at radius 3 is 2.74 bits per heavy atom. The van der Waals surface area contributed by atoms with Crippen LogP contribution in [0.3, 0.4) is 0 Å². The van der Waals surface area contributed by atoms with Crippen LogP contribution in [0, 0.1) is 5.41 Å². The molecule has 0 unspecified atom stereocenters. The summed E-state index contributed by atoms with van der Waals surface area (Å²) in [6.45, 7) is 2.06. The molecule has 19 heavy (non-hydrogen) atoms. The Morgan fingerprint density at radius 2 is 2.21 bits per heavy atom. The number of piperidine rings is 1. The summed E-state index contributed by atoms with van der Waals surface area (Å²) >= 11 is 0. The maximum absolute atomic E-state index is 12.4. The molecule has 108 valence electrons. The van der Waals surface area contributed by atoms with Gasteiger partial charge in [0.1, 0.15) is 5.78 Å². The normalized spacial score (nSPS) is 31.5. The number of ether oxygens (including phenoxy) is 1. The Balaban J connectivity index is 2.12. The predicted molar refractivity (Wildman–Crippen MR) is 59.3 cm³/mol. The van der Waals surface area contributed by atoms with E-state index in [1.165, 1.54) is 0 Å². The number of Topliss-reactive ketones (excluding diaryl/α,β-unsaturated/α-hetero) is 1. The largest absolute Gasteiger partial charge is 0.471 e. The summed E-state index contributed by atoms with van der Waals surface area (Å²) in [5.41, 5.74) is -0.908. The monoisotopic (exact) mass is 279 g/mol. The number of carbonyl (C=O) groups is 2. The molecule has 0 aromatic rings. The fourth-order valence-corrected chi connectivity index (χ4v) is 2.96. The topological polar surface area (TPSA) is 46.6 Å². The highest BCUT2D eigenvalue weighted by molar-refractivity contribution is 5.93. The third-order valence-corrected chi connectivity index (χ3v) is 3.96. The van der Waals surface area contributed by atoms with Gasteiger partial charge in [-0.3, -0.25) is 9.59 Å². The minimum Gasteiger partial charge on any atom is -0.377 e. The van der Waals surface area contributed by atoms with E-state index in [0.29, 0.717) is 19.4 Å². The molecule has 7 heteroatoms. The van der Waals surface area contributed by atoms with E-state index in [1.807, 2.05) is 0 Å². The first kappa shape index (κ1) is 14.3. The summed E-state index contributed by atoms with van der Waals surface area (Å²) in [4.78, 5) is 23.8. The molecule has 1 saturated heterocycles. The number of rotatable bonds is 2. The average molecular weight is 279 g/mol. The fourth-order valence-electron chi connectivity index (χ4n) is 2.96. The smallest absolute Gasteiger partial charge is 0.377 e. The van der Waals surface area contributed by atoms with Crippen molar-refractivity contribution in [3.63, 3.8) is 0 Å².